The number of hydrogen-bond acceptors (Lipinski definition) is 2. The molecule has 82 valence electrons. The van der Waals surface area contributed by atoms with Crippen molar-refractivity contribution >= 4 is 49.4 Å². The van der Waals surface area contributed by atoms with E-state index < -0.39 is 11.8 Å². The van der Waals surface area contributed by atoms with Crippen molar-refractivity contribution in [3.63, 3.8) is 0 Å². The Labute approximate surface area is 108 Å². The van der Waals surface area contributed by atoms with Gasteiger partial charge in [0.05, 0.1) is 22.2 Å². The molecule has 1 aromatic rings. The molecule has 6 heteroatoms. The van der Waals surface area contributed by atoms with Crippen LogP contribution in [-0.2, 0) is 10.1 Å². The van der Waals surface area contributed by atoms with Crippen molar-refractivity contribution in [1.29, 1.82) is 0 Å². The van der Waals surface area contributed by atoms with Crippen LogP contribution in [0.4, 0.5) is 4.39 Å². The Balaban J connectivity index is 3.45. The second-order valence-corrected chi connectivity index (χ2v) is 4.40. The number of ether oxygens (including phenoxy) is 1. The highest BCUT2D eigenvalue weighted by molar-refractivity contribution is 9.10. The summed E-state index contributed by atoms with van der Waals surface area (Å²) in [6.07, 6.45) is 0. The van der Waals surface area contributed by atoms with E-state index in [9.17, 15) is 9.18 Å². The van der Waals surface area contributed by atoms with Crippen molar-refractivity contribution in [2.75, 3.05) is 7.11 Å². The molecule has 0 aliphatic rings. The highest BCUT2D eigenvalue weighted by atomic mass is 79.9. The molecule has 0 saturated carbocycles. The number of rotatable bonds is 2. The van der Waals surface area contributed by atoms with E-state index in [1.807, 2.05) is 0 Å². The van der Waals surface area contributed by atoms with Crippen LogP contribution in [0, 0.1) is 5.82 Å². The van der Waals surface area contributed by atoms with Crippen molar-refractivity contribution in [3.8, 4) is 0 Å². The summed E-state index contributed by atoms with van der Waals surface area (Å²) in [5.41, 5.74) is 0.346. The maximum atomic E-state index is 13.7. The molecule has 0 amide bonds. The molecule has 1 rings (SSSR count). The number of carbonyl (C=O) groups excluding carboxylic acids is 1. The number of hydrogen-bond donors (Lipinski definition) is 0. The number of halogens is 4. The third kappa shape index (κ3) is 2.52. The molecule has 0 aliphatic heterocycles. The van der Waals surface area contributed by atoms with Crippen LogP contribution in [0.1, 0.15) is 15.9 Å². The third-order valence-corrected chi connectivity index (χ3v) is 3.66. The maximum absolute atomic E-state index is 13.7. The Morgan fingerprint density at radius 3 is 2.73 bits per heavy atom. The summed E-state index contributed by atoms with van der Waals surface area (Å²) >= 11 is 11.8. The van der Waals surface area contributed by atoms with E-state index in [0.29, 0.717) is 0 Å². The zero-order valence-electron chi connectivity index (χ0n) is 7.61. The number of alkyl halides is 1. The van der Waals surface area contributed by atoms with Gasteiger partial charge < -0.3 is 4.74 Å². The molecule has 0 unspecified atom stereocenters. The molecule has 0 radical (unpaired) electrons. The van der Waals surface area contributed by atoms with Crippen molar-refractivity contribution in [2.24, 2.45) is 0 Å². The SMILES string of the molecule is COC(=O)c1cc(Cl)c(Br)c(F)c1CBr. The van der Waals surface area contributed by atoms with Crippen molar-refractivity contribution < 1.29 is 13.9 Å². The second-order valence-electron chi connectivity index (χ2n) is 2.64. The highest BCUT2D eigenvalue weighted by Gasteiger charge is 2.19. The summed E-state index contributed by atoms with van der Waals surface area (Å²) in [5.74, 6) is -1.17. The Morgan fingerprint density at radius 2 is 2.27 bits per heavy atom. The molecular formula is C9H6Br2ClFO2. The van der Waals surface area contributed by atoms with E-state index in [4.69, 9.17) is 11.6 Å². The Morgan fingerprint density at radius 1 is 1.67 bits per heavy atom. The topological polar surface area (TPSA) is 26.3 Å². The molecule has 0 fully saturated rings. The standard InChI is InChI=1S/C9H6Br2ClFO2/c1-15-9(14)4-2-6(12)7(11)8(13)5(4)3-10/h2H,3H2,1H3. The minimum Gasteiger partial charge on any atom is -0.465 e. The summed E-state index contributed by atoms with van der Waals surface area (Å²) in [5, 5.41) is 0.344. The first-order valence-corrected chi connectivity index (χ1v) is 6.12. The molecule has 1 aromatic carbocycles. The van der Waals surface area contributed by atoms with Gasteiger partial charge in [0.25, 0.3) is 0 Å². The molecule has 0 spiro atoms. The summed E-state index contributed by atoms with van der Waals surface area (Å²) < 4.78 is 18.3. The van der Waals surface area contributed by atoms with Gasteiger partial charge in [-0.2, -0.15) is 0 Å². The fourth-order valence-electron chi connectivity index (χ4n) is 1.06. The summed E-state index contributed by atoms with van der Waals surface area (Å²) in [6, 6.07) is 1.37. The van der Waals surface area contributed by atoms with Crippen LogP contribution in [0.5, 0.6) is 0 Å². The predicted molar refractivity (Wildman–Crippen MR) is 63.1 cm³/mol. The van der Waals surface area contributed by atoms with E-state index in [1.165, 1.54) is 13.2 Å². The van der Waals surface area contributed by atoms with Gasteiger partial charge >= 0.3 is 5.97 Å². The quantitative estimate of drug-likeness (QED) is 0.454. The van der Waals surface area contributed by atoms with Crippen LogP contribution in [0.15, 0.2) is 10.5 Å². The van der Waals surface area contributed by atoms with Gasteiger partial charge in [-0.25, -0.2) is 9.18 Å². The van der Waals surface area contributed by atoms with Gasteiger partial charge in [-0.1, -0.05) is 27.5 Å². The molecule has 15 heavy (non-hydrogen) atoms. The molecule has 0 bridgehead atoms. The number of methoxy groups -OCH3 is 1. The monoisotopic (exact) mass is 358 g/mol. The number of esters is 1. The summed E-state index contributed by atoms with van der Waals surface area (Å²) in [6.45, 7) is 0. The minimum absolute atomic E-state index is 0.125. The number of carbonyl (C=O) groups is 1. The van der Waals surface area contributed by atoms with Crippen LogP contribution in [0.2, 0.25) is 5.02 Å². The van der Waals surface area contributed by atoms with Gasteiger partial charge in [0.1, 0.15) is 5.82 Å². The second kappa shape index (κ2) is 5.27. The summed E-state index contributed by atoms with van der Waals surface area (Å²) in [4.78, 5) is 11.3. The third-order valence-electron chi connectivity index (χ3n) is 1.80. The maximum Gasteiger partial charge on any atom is 0.338 e. The molecule has 2 nitrogen and oxygen atoms in total. The van der Waals surface area contributed by atoms with Gasteiger partial charge in [-0.3, -0.25) is 0 Å². The molecular weight excluding hydrogens is 354 g/mol. The zero-order chi connectivity index (χ0) is 11.6. The van der Waals surface area contributed by atoms with E-state index >= 15 is 0 Å². The minimum atomic E-state index is -0.613. The molecule has 0 aliphatic carbocycles. The highest BCUT2D eigenvalue weighted by Crippen LogP contribution is 2.31. The Bertz CT molecular complexity index is 410. The molecule has 0 atom stereocenters. The van der Waals surface area contributed by atoms with Gasteiger partial charge in [0.2, 0.25) is 0 Å². The van der Waals surface area contributed by atoms with Crippen LogP contribution in [0.25, 0.3) is 0 Å². The lowest BCUT2D eigenvalue weighted by Gasteiger charge is -2.09. The molecule has 0 aromatic heterocycles. The first-order chi connectivity index (χ1) is 7.02. The van der Waals surface area contributed by atoms with Gasteiger partial charge in [0.15, 0.2) is 0 Å². The van der Waals surface area contributed by atoms with Crippen molar-refractivity contribution in [3.05, 3.63) is 32.5 Å². The van der Waals surface area contributed by atoms with Crippen molar-refractivity contribution in [1.82, 2.24) is 0 Å². The van der Waals surface area contributed by atoms with Crippen LogP contribution in [-0.4, -0.2) is 13.1 Å². The first kappa shape index (κ1) is 12.9. The predicted octanol–water partition coefficient (Wildman–Crippen LogP) is 3.92. The largest absolute Gasteiger partial charge is 0.465 e. The average Bonchev–Trinajstić information content (AvgIpc) is 2.24. The van der Waals surface area contributed by atoms with Gasteiger partial charge in [0, 0.05) is 10.9 Å². The summed E-state index contributed by atoms with van der Waals surface area (Å²) in [7, 11) is 1.23. The average molecular weight is 360 g/mol. The lowest BCUT2D eigenvalue weighted by molar-refractivity contribution is 0.0599. The number of benzene rings is 1. The van der Waals surface area contributed by atoms with E-state index in [-0.39, 0.29) is 26.0 Å². The van der Waals surface area contributed by atoms with E-state index in [1.54, 1.807) is 0 Å². The molecule has 0 saturated heterocycles. The van der Waals surface area contributed by atoms with E-state index in [2.05, 4.69) is 36.6 Å². The van der Waals surface area contributed by atoms with E-state index in [0.717, 1.165) is 0 Å². The Hall–Kier alpha value is -0.130. The fraction of sp³-hybridized carbons (Fsp3) is 0.222. The zero-order valence-corrected chi connectivity index (χ0v) is 11.5. The first-order valence-electron chi connectivity index (χ1n) is 3.83. The van der Waals surface area contributed by atoms with Crippen LogP contribution >= 0.6 is 43.5 Å². The van der Waals surface area contributed by atoms with Crippen LogP contribution in [0.3, 0.4) is 0 Å². The van der Waals surface area contributed by atoms with Crippen LogP contribution < -0.4 is 0 Å². The fourth-order valence-corrected chi connectivity index (χ4v) is 2.15. The van der Waals surface area contributed by atoms with Crippen molar-refractivity contribution in [2.45, 2.75) is 5.33 Å². The molecule has 0 heterocycles. The van der Waals surface area contributed by atoms with Gasteiger partial charge in [-0.15, -0.1) is 0 Å². The smallest absolute Gasteiger partial charge is 0.338 e. The Kier molecular flexibility index (Phi) is 4.55. The normalized spacial score (nSPS) is 10.2. The molecule has 0 N–H and O–H groups in total. The van der Waals surface area contributed by atoms with Gasteiger partial charge in [-0.05, 0) is 22.0 Å². The lowest BCUT2D eigenvalue weighted by atomic mass is 10.1. The lowest BCUT2D eigenvalue weighted by Crippen LogP contribution is -2.07.